The van der Waals surface area contributed by atoms with Crippen LogP contribution in [-0.2, 0) is 20.6 Å². The van der Waals surface area contributed by atoms with Gasteiger partial charge in [-0.1, -0.05) is 0 Å². The van der Waals surface area contributed by atoms with Gasteiger partial charge in [-0.2, -0.15) is 10.2 Å². The van der Waals surface area contributed by atoms with Crippen molar-refractivity contribution in [3.63, 3.8) is 0 Å². The van der Waals surface area contributed by atoms with E-state index in [4.69, 9.17) is 9.47 Å². The smallest absolute Gasteiger partial charge is 0.424 e. The Labute approximate surface area is 164 Å². The molecule has 0 aliphatic rings. The number of hydrogen-bond donors (Lipinski definition) is 0. The summed E-state index contributed by atoms with van der Waals surface area (Å²) in [5.74, 6) is -0.805. The Morgan fingerprint density at radius 2 is 1.57 bits per heavy atom. The molecule has 0 bridgehead atoms. The van der Waals surface area contributed by atoms with Crippen molar-refractivity contribution in [1.82, 2.24) is 4.98 Å². The molecule has 0 saturated heterocycles. The van der Waals surface area contributed by atoms with Gasteiger partial charge in [-0.3, -0.25) is 0 Å². The summed E-state index contributed by atoms with van der Waals surface area (Å²) in [4.78, 5) is 42.2. The second-order valence-corrected chi connectivity index (χ2v) is 7.78. The fourth-order valence-corrected chi connectivity index (χ4v) is 2.10. The SMILES string of the molecule is COC(=O)c1nccc(N(C(=O)OC(C)(C)C)C(=O)OC(C)(C)C)c1CC#N. The first-order chi connectivity index (χ1) is 12.8. The molecule has 0 aliphatic heterocycles. The molecule has 0 aliphatic carbocycles. The highest BCUT2D eigenvalue weighted by atomic mass is 16.6. The molecule has 0 saturated carbocycles. The van der Waals surface area contributed by atoms with Gasteiger partial charge in [0.15, 0.2) is 5.69 Å². The van der Waals surface area contributed by atoms with Crippen molar-refractivity contribution in [2.24, 2.45) is 0 Å². The summed E-state index contributed by atoms with van der Waals surface area (Å²) >= 11 is 0. The topological polar surface area (TPSA) is 119 Å². The normalized spacial score (nSPS) is 11.2. The van der Waals surface area contributed by atoms with Crippen LogP contribution in [0.15, 0.2) is 12.3 Å². The molecular weight excluding hydrogens is 366 g/mol. The van der Waals surface area contributed by atoms with Gasteiger partial charge in [0.1, 0.15) is 11.2 Å². The Kier molecular flexibility index (Phi) is 7.11. The zero-order valence-electron chi connectivity index (χ0n) is 17.2. The summed E-state index contributed by atoms with van der Waals surface area (Å²) in [6.45, 7) is 9.84. The van der Waals surface area contributed by atoms with Crippen LogP contribution in [0.3, 0.4) is 0 Å². The molecule has 0 fully saturated rings. The van der Waals surface area contributed by atoms with Gasteiger partial charge >= 0.3 is 18.2 Å². The predicted octanol–water partition coefficient (Wildman–Crippen LogP) is 3.61. The molecule has 1 rings (SSSR count). The summed E-state index contributed by atoms with van der Waals surface area (Å²) in [6, 6.07) is 3.22. The third-order valence-corrected chi connectivity index (χ3v) is 3.06. The van der Waals surface area contributed by atoms with Crippen molar-refractivity contribution in [2.45, 2.75) is 59.2 Å². The van der Waals surface area contributed by atoms with Crippen LogP contribution in [0.2, 0.25) is 0 Å². The summed E-state index contributed by atoms with van der Waals surface area (Å²) < 4.78 is 15.3. The van der Waals surface area contributed by atoms with Crippen LogP contribution in [0, 0.1) is 11.3 Å². The summed E-state index contributed by atoms with van der Waals surface area (Å²) in [7, 11) is 1.16. The number of ether oxygens (including phenoxy) is 3. The molecule has 9 heteroatoms. The van der Waals surface area contributed by atoms with Crippen molar-refractivity contribution < 1.29 is 28.6 Å². The van der Waals surface area contributed by atoms with Crippen LogP contribution >= 0.6 is 0 Å². The third-order valence-electron chi connectivity index (χ3n) is 3.06. The van der Waals surface area contributed by atoms with Crippen LogP contribution in [0.1, 0.15) is 57.6 Å². The monoisotopic (exact) mass is 391 g/mol. The van der Waals surface area contributed by atoms with Crippen molar-refractivity contribution in [1.29, 1.82) is 5.26 Å². The number of carbonyl (C=O) groups is 3. The lowest BCUT2D eigenvalue weighted by Crippen LogP contribution is -2.44. The highest BCUT2D eigenvalue weighted by Gasteiger charge is 2.35. The number of imide groups is 1. The van der Waals surface area contributed by atoms with Gasteiger partial charge in [-0.25, -0.2) is 19.4 Å². The number of pyridine rings is 1. The molecule has 152 valence electrons. The Morgan fingerprint density at radius 1 is 1.07 bits per heavy atom. The molecule has 0 aromatic carbocycles. The van der Waals surface area contributed by atoms with Crippen molar-refractivity contribution in [2.75, 3.05) is 12.0 Å². The Bertz CT molecular complexity index is 771. The molecule has 1 heterocycles. The van der Waals surface area contributed by atoms with E-state index in [1.54, 1.807) is 41.5 Å². The van der Waals surface area contributed by atoms with Crippen LogP contribution in [0.25, 0.3) is 0 Å². The van der Waals surface area contributed by atoms with E-state index in [1.807, 2.05) is 6.07 Å². The van der Waals surface area contributed by atoms with E-state index in [0.717, 1.165) is 7.11 Å². The maximum Gasteiger partial charge on any atom is 0.424 e. The Hall–Kier alpha value is -3.15. The van der Waals surface area contributed by atoms with E-state index in [-0.39, 0.29) is 23.4 Å². The van der Waals surface area contributed by atoms with Gasteiger partial charge in [0.2, 0.25) is 0 Å². The number of esters is 1. The predicted molar refractivity (Wildman–Crippen MR) is 99.8 cm³/mol. The molecular formula is C19H25N3O6. The molecule has 0 radical (unpaired) electrons. The highest BCUT2D eigenvalue weighted by Crippen LogP contribution is 2.27. The molecule has 0 atom stereocenters. The third kappa shape index (κ3) is 6.23. The first kappa shape index (κ1) is 22.9. The number of nitrogens with zero attached hydrogens (tertiary/aromatic N) is 3. The van der Waals surface area contributed by atoms with Crippen molar-refractivity contribution in [3.05, 3.63) is 23.5 Å². The highest BCUT2D eigenvalue weighted by molar-refractivity contribution is 6.10. The average molecular weight is 391 g/mol. The zero-order chi connectivity index (χ0) is 21.7. The van der Waals surface area contributed by atoms with Gasteiger partial charge in [-0.05, 0) is 47.6 Å². The molecule has 9 nitrogen and oxygen atoms in total. The van der Waals surface area contributed by atoms with Crippen LogP contribution in [-0.4, -0.2) is 41.5 Å². The number of anilines is 1. The quantitative estimate of drug-likeness (QED) is 0.566. The standard InChI is InChI=1S/C19H25N3O6/c1-18(2,3)27-16(24)22(17(25)28-19(4,5)6)13-9-11-21-14(15(23)26-7)12(13)8-10-20/h9,11H,8H2,1-7H3. The first-order valence-electron chi connectivity index (χ1n) is 8.50. The fraction of sp³-hybridized carbons (Fsp3) is 0.526. The Morgan fingerprint density at radius 3 is 1.96 bits per heavy atom. The minimum Gasteiger partial charge on any atom is -0.464 e. The number of aromatic nitrogens is 1. The summed E-state index contributed by atoms with van der Waals surface area (Å²) in [5.41, 5.74) is -1.97. The molecule has 1 aromatic heterocycles. The maximum absolute atomic E-state index is 12.8. The number of nitriles is 1. The van der Waals surface area contributed by atoms with Gasteiger partial charge in [0.05, 0.1) is 25.3 Å². The van der Waals surface area contributed by atoms with E-state index in [1.165, 1.54) is 12.3 Å². The lowest BCUT2D eigenvalue weighted by Gasteiger charge is -2.29. The zero-order valence-corrected chi connectivity index (χ0v) is 17.2. The molecule has 2 amide bonds. The van der Waals surface area contributed by atoms with E-state index in [0.29, 0.717) is 4.90 Å². The lowest BCUT2D eigenvalue weighted by atomic mass is 10.1. The van der Waals surface area contributed by atoms with E-state index >= 15 is 0 Å². The van der Waals surface area contributed by atoms with E-state index in [2.05, 4.69) is 9.72 Å². The molecule has 28 heavy (non-hydrogen) atoms. The second kappa shape index (κ2) is 8.69. The lowest BCUT2D eigenvalue weighted by molar-refractivity contribution is 0.0428. The average Bonchev–Trinajstić information content (AvgIpc) is 2.52. The van der Waals surface area contributed by atoms with E-state index in [9.17, 15) is 19.6 Å². The van der Waals surface area contributed by atoms with Crippen LogP contribution < -0.4 is 4.90 Å². The van der Waals surface area contributed by atoms with Gasteiger partial charge < -0.3 is 14.2 Å². The number of hydrogen-bond acceptors (Lipinski definition) is 8. The first-order valence-corrected chi connectivity index (χ1v) is 8.50. The van der Waals surface area contributed by atoms with Crippen molar-refractivity contribution >= 4 is 23.8 Å². The number of carbonyl (C=O) groups excluding carboxylic acids is 3. The molecule has 0 unspecified atom stereocenters. The maximum atomic E-state index is 12.8. The summed E-state index contributed by atoms with van der Waals surface area (Å²) in [5, 5.41) is 9.17. The van der Waals surface area contributed by atoms with Gasteiger partial charge in [-0.15, -0.1) is 0 Å². The Balaban J connectivity index is 3.61. The number of methoxy groups -OCH3 is 1. The number of amides is 2. The van der Waals surface area contributed by atoms with Gasteiger partial charge in [0.25, 0.3) is 0 Å². The number of rotatable bonds is 3. The molecule has 0 spiro atoms. The second-order valence-electron chi connectivity index (χ2n) is 7.78. The van der Waals surface area contributed by atoms with Crippen molar-refractivity contribution in [3.8, 4) is 6.07 Å². The fourth-order valence-electron chi connectivity index (χ4n) is 2.10. The van der Waals surface area contributed by atoms with Gasteiger partial charge in [0, 0.05) is 11.8 Å². The molecule has 0 N–H and O–H groups in total. The van der Waals surface area contributed by atoms with E-state index < -0.39 is 29.4 Å². The summed E-state index contributed by atoms with van der Waals surface area (Å²) in [6.07, 6.45) is -1.09. The minimum absolute atomic E-state index is 0.0412. The minimum atomic E-state index is -1.01. The van der Waals surface area contributed by atoms with Crippen LogP contribution in [0.4, 0.5) is 15.3 Å². The van der Waals surface area contributed by atoms with Crippen LogP contribution in [0.5, 0.6) is 0 Å². The molecule has 1 aromatic rings. The largest absolute Gasteiger partial charge is 0.464 e.